The van der Waals surface area contributed by atoms with Crippen LogP contribution in [-0.4, -0.2) is 24.0 Å². The van der Waals surface area contributed by atoms with Crippen LogP contribution in [0.5, 0.6) is 0 Å². The van der Waals surface area contributed by atoms with Gasteiger partial charge in [-0.3, -0.25) is 9.59 Å². The molecule has 0 aliphatic rings. The Morgan fingerprint density at radius 1 is 1.04 bits per heavy atom. The highest BCUT2D eigenvalue weighted by Gasteiger charge is 2.09. The molecule has 0 spiro atoms. The number of thioether (sulfide) groups is 1. The fourth-order valence-electron chi connectivity index (χ4n) is 2.08. The minimum Gasteiger partial charge on any atom is -0.341 e. The second-order valence-corrected chi connectivity index (χ2v) is 6.47. The molecule has 3 nitrogen and oxygen atoms in total. The number of carbonyl (C=O) groups excluding carboxylic acids is 2. The Morgan fingerprint density at radius 3 is 2.29 bits per heavy atom. The van der Waals surface area contributed by atoms with Gasteiger partial charge in [0.2, 0.25) is 0 Å². The van der Waals surface area contributed by atoms with Crippen LogP contribution in [0.3, 0.4) is 0 Å². The number of carbonyl (C=O) groups is 2. The highest BCUT2D eigenvalue weighted by Crippen LogP contribution is 2.20. The van der Waals surface area contributed by atoms with E-state index in [9.17, 15) is 9.59 Å². The third-order valence-corrected chi connectivity index (χ3v) is 4.45. The molecule has 0 fully saturated rings. The van der Waals surface area contributed by atoms with E-state index in [1.54, 1.807) is 36.0 Å². The molecule has 4 heteroatoms. The van der Waals surface area contributed by atoms with Gasteiger partial charge in [-0.05, 0) is 31.2 Å². The van der Waals surface area contributed by atoms with Crippen molar-refractivity contribution in [1.82, 2.24) is 5.32 Å². The summed E-state index contributed by atoms with van der Waals surface area (Å²) in [4.78, 5) is 25.1. The van der Waals surface area contributed by atoms with Crippen molar-refractivity contribution in [3.05, 3.63) is 65.2 Å². The molecule has 0 aliphatic carbocycles. The van der Waals surface area contributed by atoms with E-state index < -0.39 is 0 Å². The van der Waals surface area contributed by atoms with Gasteiger partial charge in [0.15, 0.2) is 5.78 Å². The fraction of sp³-hybridized carbons (Fsp3) is 0.200. The van der Waals surface area contributed by atoms with Crippen molar-refractivity contribution in [2.75, 3.05) is 12.3 Å². The van der Waals surface area contributed by atoms with Crippen molar-refractivity contribution < 1.29 is 9.59 Å². The van der Waals surface area contributed by atoms with Gasteiger partial charge in [-0.15, -0.1) is 18.2 Å². The molecular formula is C20H19NO2S. The largest absolute Gasteiger partial charge is 0.341 e. The Kier molecular flexibility index (Phi) is 6.65. The molecule has 0 heterocycles. The number of aryl methyl sites for hydroxylation is 1. The lowest BCUT2D eigenvalue weighted by Gasteiger charge is -2.05. The van der Waals surface area contributed by atoms with Crippen LogP contribution in [0.25, 0.3) is 0 Å². The van der Waals surface area contributed by atoms with Gasteiger partial charge in [0.05, 0.1) is 6.54 Å². The highest BCUT2D eigenvalue weighted by atomic mass is 32.2. The monoisotopic (exact) mass is 337 g/mol. The van der Waals surface area contributed by atoms with Gasteiger partial charge >= 0.3 is 0 Å². The molecule has 1 N–H and O–H groups in total. The number of nitrogens with one attached hydrogen (secondary N) is 1. The summed E-state index contributed by atoms with van der Waals surface area (Å²) in [6, 6.07) is 14.9. The third-order valence-electron chi connectivity index (χ3n) is 3.44. The molecule has 0 saturated carbocycles. The highest BCUT2D eigenvalue weighted by molar-refractivity contribution is 7.99. The lowest BCUT2D eigenvalue weighted by atomic mass is 10.1. The molecule has 0 atom stereocenters. The number of amides is 1. The number of rotatable bonds is 7. The molecule has 0 unspecified atom stereocenters. The van der Waals surface area contributed by atoms with Gasteiger partial charge < -0.3 is 5.32 Å². The summed E-state index contributed by atoms with van der Waals surface area (Å²) in [5.74, 6) is 2.92. The second-order valence-electron chi connectivity index (χ2n) is 5.30. The van der Waals surface area contributed by atoms with E-state index in [2.05, 4.69) is 42.4 Å². The van der Waals surface area contributed by atoms with E-state index in [-0.39, 0.29) is 18.2 Å². The summed E-state index contributed by atoms with van der Waals surface area (Å²) in [7, 11) is 0. The zero-order valence-corrected chi connectivity index (χ0v) is 14.4. The minimum absolute atomic E-state index is 0.0743. The van der Waals surface area contributed by atoms with Gasteiger partial charge in [-0.25, -0.2) is 0 Å². The van der Waals surface area contributed by atoms with Gasteiger partial charge in [-0.2, -0.15) is 0 Å². The van der Waals surface area contributed by atoms with Crippen LogP contribution >= 0.6 is 11.8 Å². The van der Waals surface area contributed by atoms with Gasteiger partial charge in [-0.1, -0.05) is 35.7 Å². The first-order chi connectivity index (χ1) is 11.6. The van der Waals surface area contributed by atoms with E-state index in [4.69, 9.17) is 6.42 Å². The molecule has 122 valence electrons. The number of Topliss-reactive ketones (excluding diaryl/α,β-unsaturated/α-hetero) is 1. The molecular weight excluding hydrogens is 318 g/mol. The molecule has 2 aromatic carbocycles. The zero-order valence-electron chi connectivity index (χ0n) is 13.5. The Balaban J connectivity index is 1.85. The van der Waals surface area contributed by atoms with Crippen LogP contribution < -0.4 is 5.32 Å². The van der Waals surface area contributed by atoms with E-state index in [0.29, 0.717) is 17.5 Å². The van der Waals surface area contributed by atoms with Crippen molar-refractivity contribution in [2.24, 2.45) is 0 Å². The predicted molar refractivity (Wildman–Crippen MR) is 98.5 cm³/mol. The number of terminal acetylenes is 1. The van der Waals surface area contributed by atoms with Crippen molar-refractivity contribution in [2.45, 2.75) is 18.2 Å². The normalized spacial score (nSPS) is 10.0. The number of hydrogen-bond acceptors (Lipinski definition) is 3. The lowest BCUT2D eigenvalue weighted by molar-refractivity contribution is 0.0955. The first-order valence-corrected chi connectivity index (χ1v) is 8.63. The zero-order chi connectivity index (χ0) is 17.4. The summed E-state index contributed by atoms with van der Waals surface area (Å²) < 4.78 is 0. The molecule has 0 bridgehead atoms. The lowest BCUT2D eigenvalue weighted by Crippen LogP contribution is -2.23. The first-order valence-electron chi connectivity index (χ1n) is 7.64. The van der Waals surface area contributed by atoms with Crippen LogP contribution in [-0.2, 0) is 0 Å². The second kappa shape index (κ2) is 8.95. The van der Waals surface area contributed by atoms with Crippen molar-refractivity contribution in [1.29, 1.82) is 0 Å². The minimum atomic E-state index is -0.234. The molecule has 0 saturated heterocycles. The van der Waals surface area contributed by atoms with E-state index in [1.165, 1.54) is 5.56 Å². The summed E-state index contributed by atoms with van der Waals surface area (Å²) in [5, 5.41) is 2.59. The maximum Gasteiger partial charge on any atom is 0.252 e. The van der Waals surface area contributed by atoms with Gasteiger partial charge in [0.25, 0.3) is 5.91 Å². The molecule has 0 radical (unpaired) electrons. The molecule has 1 amide bonds. The fourth-order valence-corrected chi connectivity index (χ4v) is 2.93. The number of hydrogen-bond donors (Lipinski definition) is 1. The molecule has 2 aromatic rings. The van der Waals surface area contributed by atoms with Crippen LogP contribution in [0.2, 0.25) is 0 Å². The maximum absolute atomic E-state index is 12.2. The van der Waals surface area contributed by atoms with E-state index in [0.717, 1.165) is 10.6 Å². The Hall–Kier alpha value is -2.51. The van der Waals surface area contributed by atoms with E-state index >= 15 is 0 Å². The smallest absolute Gasteiger partial charge is 0.252 e. The maximum atomic E-state index is 12.2. The summed E-state index contributed by atoms with van der Waals surface area (Å²) >= 11 is 1.67. The quantitative estimate of drug-likeness (QED) is 0.476. The van der Waals surface area contributed by atoms with Crippen LogP contribution in [0.15, 0.2) is 53.4 Å². The topological polar surface area (TPSA) is 46.2 Å². The number of ketones is 1. The molecule has 2 rings (SSSR count). The summed E-state index contributed by atoms with van der Waals surface area (Å²) in [6.07, 6.45) is 5.56. The average Bonchev–Trinajstić information content (AvgIpc) is 2.61. The average molecular weight is 337 g/mol. The van der Waals surface area contributed by atoms with Crippen molar-refractivity contribution >= 4 is 23.5 Å². The van der Waals surface area contributed by atoms with E-state index in [1.807, 2.05) is 0 Å². The standard InChI is InChI=1S/C20H19NO2S/c1-3-13-21-20(23)17-8-6-16(7-9-17)19(22)12-14-24-18-10-4-15(2)5-11-18/h1,4-11H,12-14H2,2H3,(H,21,23). The Morgan fingerprint density at radius 2 is 1.67 bits per heavy atom. The van der Waals surface area contributed by atoms with Gasteiger partial charge in [0, 0.05) is 28.2 Å². The van der Waals surface area contributed by atoms with Crippen molar-refractivity contribution in [3.8, 4) is 12.3 Å². The van der Waals surface area contributed by atoms with Crippen LogP contribution in [0.1, 0.15) is 32.7 Å². The van der Waals surface area contributed by atoms with Crippen molar-refractivity contribution in [3.63, 3.8) is 0 Å². The summed E-state index contributed by atoms with van der Waals surface area (Å²) in [6.45, 7) is 2.24. The predicted octanol–water partition coefficient (Wildman–Crippen LogP) is 3.72. The Bertz CT molecular complexity index is 743. The Labute approximate surface area is 146 Å². The molecule has 24 heavy (non-hydrogen) atoms. The first kappa shape index (κ1) is 17.8. The van der Waals surface area contributed by atoms with Crippen LogP contribution in [0.4, 0.5) is 0 Å². The number of benzene rings is 2. The SMILES string of the molecule is C#CCNC(=O)c1ccc(C(=O)CCSc2ccc(C)cc2)cc1. The molecule has 0 aliphatic heterocycles. The van der Waals surface area contributed by atoms with Crippen LogP contribution in [0, 0.1) is 19.3 Å². The molecule has 0 aromatic heterocycles. The summed E-state index contributed by atoms with van der Waals surface area (Å²) in [5.41, 5.74) is 2.34. The third kappa shape index (κ3) is 5.29. The van der Waals surface area contributed by atoms with Gasteiger partial charge in [0.1, 0.15) is 0 Å².